The zero-order chi connectivity index (χ0) is 12.1. The SMILES string of the molecule is NC(CNCc1ccc(F)cc1F)C(=O)O. The van der Waals surface area contributed by atoms with Gasteiger partial charge in [0.25, 0.3) is 0 Å². The van der Waals surface area contributed by atoms with E-state index < -0.39 is 23.6 Å². The van der Waals surface area contributed by atoms with Crippen LogP contribution in [-0.4, -0.2) is 23.7 Å². The van der Waals surface area contributed by atoms with Crippen LogP contribution in [0.1, 0.15) is 5.56 Å². The molecule has 0 spiro atoms. The summed E-state index contributed by atoms with van der Waals surface area (Å²) in [5.41, 5.74) is 5.49. The van der Waals surface area contributed by atoms with Crippen molar-refractivity contribution in [1.29, 1.82) is 0 Å². The molecule has 0 aliphatic rings. The van der Waals surface area contributed by atoms with Crippen LogP contribution in [0.2, 0.25) is 0 Å². The van der Waals surface area contributed by atoms with Gasteiger partial charge in [0.15, 0.2) is 0 Å². The number of carbonyl (C=O) groups is 1. The smallest absolute Gasteiger partial charge is 0.321 e. The average molecular weight is 230 g/mol. The first-order valence-corrected chi connectivity index (χ1v) is 4.63. The summed E-state index contributed by atoms with van der Waals surface area (Å²) in [5.74, 6) is -2.45. The van der Waals surface area contributed by atoms with Gasteiger partial charge in [-0.1, -0.05) is 6.07 Å². The molecule has 0 saturated carbocycles. The number of benzene rings is 1. The molecule has 1 rings (SSSR count). The molecule has 88 valence electrons. The average Bonchev–Trinajstić information content (AvgIpc) is 2.20. The number of carboxylic acids is 1. The maximum atomic E-state index is 13.1. The summed E-state index contributed by atoms with van der Waals surface area (Å²) >= 11 is 0. The van der Waals surface area contributed by atoms with E-state index in [1.165, 1.54) is 6.07 Å². The second-order valence-corrected chi connectivity index (χ2v) is 3.31. The molecule has 1 unspecified atom stereocenters. The third-order valence-corrected chi connectivity index (χ3v) is 2.01. The highest BCUT2D eigenvalue weighted by Gasteiger charge is 2.10. The first-order valence-electron chi connectivity index (χ1n) is 4.63. The lowest BCUT2D eigenvalue weighted by molar-refractivity contribution is -0.138. The van der Waals surface area contributed by atoms with Crippen LogP contribution >= 0.6 is 0 Å². The predicted octanol–water partition coefficient (Wildman–Crippen LogP) is 0.466. The number of rotatable bonds is 5. The van der Waals surface area contributed by atoms with E-state index in [1.54, 1.807) is 0 Å². The molecule has 0 bridgehead atoms. The number of aliphatic carboxylic acids is 1. The monoisotopic (exact) mass is 230 g/mol. The molecule has 0 aliphatic heterocycles. The van der Waals surface area contributed by atoms with Crippen LogP contribution in [0.15, 0.2) is 18.2 Å². The predicted molar refractivity (Wildman–Crippen MR) is 53.7 cm³/mol. The van der Waals surface area contributed by atoms with Gasteiger partial charge in [0.05, 0.1) is 0 Å². The summed E-state index contributed by atoms with van der Waals surface area (Å²) in [7, 11) is 0. The maximum Gasteiger partial charge on any atom is 0.321 e. The van der Waals surface area contributed by atoms with Gasteiger partial charge in [0.1, 0.15) is 17.7 Å². The zero-order valence-electron chi connectivity index (χ0n) is 8.41. The van der Waals surface area contributed by atoms with Gasteiger partial charge in [-0.3, -0.25) is 4.79 Å². The van der Waals surface area contributed by atoms with Crippen LogP contribution in [0.25, 0.3) is 0 Å². The van der Waals surface area contributed by atoms with Gasteiger partial charge in [0.2, 0.25) is 0 Å². The Morgan fingerprint density at radius 1 is 1.50 bits per heavy atom. The van der Waals surface area contributed by atoms with Gasteiger partial charge in [-0.05, 0) is 6.07 Å². The van der Waals surface area contributed by atoms with Crippen LogP contribution in [0.4, 0.5) is 8.78 Å². The quantitative estimate of drug-likeness (QED) is 0.687. The number of nitrogens with one attached hydrogen (secondary N) is 1. The van der Waals surface area contributed by atoms with Crippen molar-refractivity contribution in [2.24, 2.45) is 5.73 Å². The van der Waals surface area contributed by atoms with Crippen LogP contribution in [-0.2, 0) is 11.3 Å². The Balaban J connectivity index is 2.46. The van der Waals surface area contributed by atoms with Crippen LogP contribution in [0.5, 0.6) is 0 Å². The lowest BCUT2D eigenvalue weighted by atomic mass is 10.2. The highest BCUT2D eigenvalue weighted by molar-refractivity contribution is 5.73. The topological polar surface area (TPSA) is 75.3 Å². The fraction of sp³-hybridized carbons (Fsp3) is 0.300. The number of halogens is 2. The normalized spacial score (nSPS) is 12.4. The molecule has 0 saturated heterocycles. The molecule has 0 aliphatic carbocycles. The minimum atomic E-state index is -1.13. The molecular weight excluding hydrogens is 218 g/mol. The molecule has 1 atom stereocenters. The van der Waals surface area contributed by atoms with E-state index in [4.69, 9.17) is 10.8 Å². The molecule has 0 fully saturated rings. The lowest BCUT2D eigenvalue weighted by Crippen LogP contribution is -2.40. The Bertz CT molecular complexity index is 385. The highest BCUT2D eigenvalue weighted by atomic mass is 19.1. The Hall–Kier alpha value is -1.53. The Kier molecular flexibility index (Phi) is 4.33. The van der Waals surface area contributed by atoms with Crippen molar-refractivity contribution in [3.63, 3.8) is 0 Å². The molecule has 1 aromatic rings. The van der Waals surface area contributed by atoms with Gasteiger partial charge in [-0.2, -0.15) is 0 Å². The molecule has 6 heteroatoms. The molecular formula is C10H12F2N2O2. The molecule has 0 radical (unpaired) electrons. The first-order chi connectivity index (χ1) is 7.50. The van der Waals surface area contributed by atoms with Crippen molar-refractivity contribution < 1.29 is 18.7 Å². The molecule has 1 aromatic carbocycles. The maximum absolute atomic E-state index is 13.1. The van der Waals surface area contributed by atoms with Gasteiger partial charge in [-0.25, -0.2) is 8.78 Å². The number of carboxylic acid groups (broad SMARTS) is 1. The van der Waals surface area contributed by atoms with Crippen molar-refractivity contribution >= 4 is 5.97 Å². The third-order valence-electron chi connectivity index (χ3n) is 2.01. The van der Waals surface area contributed by atoms with E-state index in [1.807, 2.05) is 0 Å². The number of nitrogens with two attached hydrogens (primary N) is 1. The van der Waals surface area contributed by atoms with Crippen molar-refractivity contribution in [3.05, 3.63) is 35.4 Å². The van der Waals surface area contributed by atoms with E-state index in [2.05, 4.69) is 5.32 Å². The van der Waals surface area contributed by atoms with E-state index >= 15 is 0 Å². The Labute approximate surface area is 91.1 Å². The minimum Gasteiger partial charge on any atom is -0.480 e. The fourth-order valence-corrected chi connectivity index (χ4v) is 1.11. The number of hydrogen-bond acceptors (Lipinski definition) is 3. The third kappa shape index (κ3) is 3.56. The summed E-state index contributed by atoms with van der Waals surface area (Å²) < 4.78 is 25.7. The van der Waals surface area contributed by atoms with Gasteiger partial charge in [-0.15, -0.1) is 0 Å². The van der Waals surface area contributed by atoms with Crippen LogP contribution in [0, 0.1) is 11.6 Å². The van der Waals surface area contributed by atoms with E-state index in [9.17, 15) is 13.6 Å². The van der Waals surface area contributed by atoms with Gasteiger partial charge < -0.3 is 16.2 Å². The molecule has 0 aromatic heterocycles. The van der Waals surface area contributed by atoms with Crippen molar-refractivity contribution in [2.75, 3.05) is 6.54 Å². The van der Waals surface area contributed by atoms with E-state index in [0.717, 1.165) is 12.1 Å². The van der Waals surface area contributed by atoms with Crippen LogP contribution in [0.3, 0.4) is 0 Å². The van der Waals surface area contributed by atoms with E-state index in [0.29, 0.717) is 0 Å². The first kappa shape index (κ1) is 12.5. The lowest BCUT2D eigenvalue weighted by Gasteiger charge is -2.08. The van der Waals surface area contributed by atoms with Gasteiger partial charge >= 0.3 is 5.97 Å². The summed E-state index contributed by atoms with van der Waals surface area (Å²) in [6, 6.07) is 2.17. The largest absolute Gasteiger partial charge is 0.480 e. The fourth-order valence-electron chi connectivity index (χ4n) is 1.11. The van der Waals surface area contributed by atoms with Crippen molar-refractivity contribution in [2.45, 2.75) is 12.6 Å². The molecule has 4 nitrogen and oxygen atoms in total. The Morgan fingerprint density at radius 2 is 2.19 bits per heavy atom. The highest BCUT2D eigenvalue weighted by Crippen LogP contribution is 2.08. The van der Waals surface area contributed by atoms with Crippen molar-refractivity contribution in [3.8, 4) is 0 Å². The molecule has 4 N–H and O–H groups in total. The minimum absolute atomic E-state index is 0.0200. The molecule has 16 heavy (non-hydrogen) atoms. The summed E-state index contributed by atoms with van der Waals surface area (Å²) in [6.07, 6.45) is 0. The number of hydrogen-bond donors (Lipinski definition) is 3. The summed E-state index contributed by atoms with van der Waals surface area (Å²) in [4.78, 5) is 10.4. The summed E-state index contributed by atoms with van der Waals surface area (Å²) in [5, 5.41) is 11.2. The molecule has 0 heterocycles. The standard InChI is InChI=1S/C10H12F2N2O2/c11-7-2-1-6(8(12)3-7)4-14-5-9(13)10(15)16/h1-3,9,14H,4-5,13H2,(H,15,16). The zero-order valence-corrected chi connectivity index (χ0v) is 8.41. The molecule has 0 amide bonds. The van der Waals surface area contributed by atoms with E-state index in [-0.39, 0.29) is 18.7 Å². The van der Waals surface area contributed by atoms with Gasteiger partial charge in [0, 0.05) is 24.7 Å². The second kappa shape index (κ2) is 5.53. The van der Waals surface area contributed by atoms with Crippen molar-refractivity contribution in [1.82, 2.24) is 5.32 Å². The second-order valence-electron chi connectivity index (χ2n) is 3.31. The Morgan fingerprint density at radius 3 is 2.75 bits per heavy atom. The van der Waals surface area contributed by atoms with Crippen LogP contribution < -0.4 is 11.1 Å². The summed E-state index contributed by atoms with van der Waals surface area (Å²) in [6.45, 7) is 0.124.